The molecule has 0 saturated carbocycles. The van der Waals surface area contributed by atoms with E-state index in [4.69, 9.17) is 11.6 Å². The molecule has 0 saturated heterocycles. The number of fused-ring (bicyclic) bond motifs is 1. The zero-order valence-corrected chi connectivity index (χ0v) is 17.3. The van der Waals surface area contributed by atoms with Crippen LogP contribution < -0.4 is 5.32 Å². The van der Waals surface area contributed by atoms with Gasteiger partial charge < -0.3 is 10.3 Å². The summed E-state index contributed by atoms with van der Waals surface area (Å²) in [6.07, 6.45) is -1.81. The van der Waals surface area contributed by atoms with Crippen LogP contribution in [0.1, 0.15) is 27.0 Å². The fourth-order valence-electron chi connectivity index (χ4n) is 3.31. The Morgan fingerprint density at radius 1 is 1.21 bits per heavy atom. The van der Waals surface area contributed by atoms with E-state index in [1.165, 1.54) is 24.5 Å². The molecule has 0 atom stereocenters. The molecule has 0 radical (unpaired) electrons. The lowest BCUT2D eigenvalue weighted by Gasteiger charge is -2.11. The molecule has 4 rings (SSSR count). The van der Waals surface area contributed by atoms with Crippen molar-refractivity contribution in [1.82, 2.24) is 9.97 Å². The minimum absolute atomic E-state index is 0.00861. The quantitative estimate of drug-likeness (QED) is 0.264. The molecule has 0 aliphatic heterocycles. The van der Waals surface area contributed by atoms with Gasteiger partial charge in [-0.05, 0) is 42.3 Å². The Balaban J connectivity index is 1.56. The van der Waals surface area contributed by atoms with Crippen LogP contribution >= 0.6 is 11.6 Å². The number of benzene rings is 1. The van der Waals surface area contributed by atoms with E-state index >= 15 is 4.39 Å². The monoisotopic (exact) mass is 477 g/mol. The van der Waals surface area contributed by atoms with Crippen LogP contribution in [-0.4, -0.2) is 22.3 Å². The Labute approximate surface area is 189 Å². The van der Waals surface area contributed by atoms with E-state index in [0.29, 0.717) is 16.6 Å². The highest BCUT2D eigenvalue weighted by Crippen LogP contribution is 2.29. The van der Waals surface area contributed by atoms with Crippen molar-refractivity contribution < 1.29 is 26.7 Å². The summed E-state index contributed by atoms with van der Waals surface area (Å²) in [7, 11) is 0. The molecule has 0 aliphatic rings. The lowest BCUT2D eigenvalue weighted by Crippen LogP contribution is -2.12. The number of carbonyl (C=O) groups is 1. The van der Waals surface area contributed by atoms with Crippen molar-refractivity contribution >= 4 is 34.1 Å². The lowest BCUT2D eigenvalue weighted by atomic mass is 10.0. The van der Waals surface area contributed by atoms with Crippen LogP contribution in [0.5, 0.6) is 0 Å². The molecule has 2 N–H and O–H groups in total. The Morgan fingerprint density at radius 3 is 2.76 bits per heavy atom. The zero-order chi connectivity index (χ0) is 23.8. The van der Waals surface area contributed by atoms with Crippen molar-refractivity contribution in [3.63, 3.8) is 0 Å². The number of aromatic amines is 1. The summed E-state index contributed by atoms with van der Waals surface area (Å²) in [5.41, 5.74) is -1.29. The van der Waals surface area contributed by atoms with E-state index in [9.17, 15) is 22.4 Å². The Bertz CT molecular complexity index is 1350. The second-order valence-corrected chi connectivity index (χ2v) is 7.52. The SMILES string of the molecule is O=C(c1c(F)ccc(NCCc2cc#cc(C(F)(F)F)c2)c1F)c1c[nH]c2ncc(Cl)cc12. The van der Waals surface area contributed by atoms with E-state index < -0.39 is 34.7 Å². The number of carbonyl (C=O) groups excluding carboxylic acids is 1. The van der Waals surface area contributed by atoms with E-state index in [2.05, 4.69) is 21.4 Å². The maximum absolute atomic E-state index is 15.1. The molecule has 0 aliphatic carbocycles. The molecule has 0 fully saturated rings. The number of ketones is 1. The molecule has 0 spiro atoms. The molecular formula is C23H13ClF5N3O. The van der Waals surface area contributed by atoms with Crippen molar-refractivity contribution in [2.24, 2.45) is 0 Å². The number of halogens is 6. The van der Waals surface area contributed by atoms with Gasteiger partial charge in [-0.2, -0.15) is 13.2 Å². The van der Waals surface area contributed by atoms with Gasteiger partial charge in [0.2, 0.25) is 5.78 Å². The first-order valence-electron chi connectivity index (χ1n) is 9.54. The standard InChI is InChI=1S/C23H13ClF5N3O/c24-14-9-15-16(11-32-22(15)31-10-14)21(33)19-17(25)4-5-18(20(19)26)30-7-6-12-2-1-3-13(8-12)23(27,28)29/h2,4-5,8-11,30H,6-7H2,(H,31,32). The van der Waals surface area contributed by atoms with Gasteiger partial charge in [0.15, 0.2) is 5.82 Å². The summed E-state index contributed by atoms with van der Waals surface area (Å²) in [6.45, 7) is 0.0257. The Hall–Kier alpha value is -3.64. The van der Waals surface area contributed by atoms with Crippen molar-refractivity contribution in [2.75, 3.05) is 11.9 Å². The molecule has 33 heavy (non-hydrogen) atoms. The molecule has 0 bridgehead atoms. The van der Waals surface area contributed by atoms with Crippen LogP contribution in [0, 0.1) is 23.8 Å². The third kappa shape index (κ3) is 4.61. The highest BCUT2D eigenvalue weighted by molar-refractivity contribution is 6.31. The van der Waals surface area contributed by atoms with Crippen molar-refractivity contribution in [1.29, 1.82) is 0 Å². The zero-order valence-electron chi connectivity index (χ0n) is 16.6. The molecule has 2 aromatic carbocycles. The second kappa shape index (κ2) is 8.71. The fraction of sp³-hybridized carbons (Fsp3) is 0.130. The summed E-state index contributed by atoms with van der Waals surface area (Å²) in [4.78, 5) is 19.7. The van der Waals surface area contributed by atoms with E-state index in [-0.39, 0.29) is 29.2 Å². The minimum Gasteiger partial charge on any atom is -0.382 e. The minimum atomic E-state index is -4.56. The van der Waals surface area contributed by atoms with Crippen molar-refractivity contribution in [2.45, 2.75) is 12.6 Å². The average Bonchev–Trinajstić information content (AvgIpc) is 3.18. The van der Waals surface area contributed by atoms with Crippen LogP contribution in [0.25, 0.3) is 11.0 Å². The molecule has 168 valence electrons. The van der Waals surface area contributed by atoms with E-state index in [1.807, 2.05) is 6.07 Å². The van der Waals surface area contributed by atoms with Gasteiger partial charge in [0.05, 0.1) is 16.3 Å². The molecule has 0 amide bonds. The largest absolute Gasteiger partial charge is 0.424 e. The van der Waals surface area contributed by atoms with Gasteiger partial charge in [-0.15, -0.1) is 0 Å². The Morgan fingerprint density at radius 2 is 2.00 bits per heavy atom. The second-order valence-electron chi connectivity index (χ2n) is 7.09. The smallest absolute Gasteiger partial charge is 0.382 e. The molecule has 0 unspecified atom stereocenters. The van der Waals surface area contributed by atoms with E-state index in [1.54, 1.807) is 0 Å². The van der Waals surface area contributed by atoms with Gasteiger partial charge >= 0.3 is 6.18 Å². The molecule has 10 heteroatoms. The highest BCUT2D eigenvalue weighted by atomic mass is 35.5. The number of pyridine rings is 1. The summed E-state index contributed by atoms with van der Waals surface area (Å²) < 4.78 is 67.9. The predicted octanol–water partition coefficient (Wildman–Crippen LogP) is 6.00. The number of aromatic nitrogens is 2. The maximum atomic E-state index is 15.1. The number of nitrogens with one attached hydrogen (secondary N) is 2. The number of H-pyrrole nitrogens is 1. The molecule has 2 heterocycles. The number of rotatable bonds is 6. The van der Waals surface area contributed by atoms with E-state index in [0.717, 1.165) is 18.2 Å². The van der Waals surface area contributed by atoms with Crippen LogP contribution in [0.15, 0.2) is 42.7 Å². The third-order valence-corrected chi connectivity index (χ3v) is 5.10. The normalized spacial score (nSPS) is 11.5. The number of alkyl halides is 3. The maximum Gasteiger partial charge on any atom is 0.424 e. The van der Waals surface area contributed by atoms with Gasteiger partial charge in [0, 0.05) is 29.9 Å². The summed E-state index contributed by atoms with van der Waals surface area (Å²) in [6, 6.07) is 10.1. The first-order chi connectivity index (χ1) is 15.6. The highest BCUT2D eigenvalue weighted by Gasteiger charge is 2.31. The Kier molecular flexibility index (Phi) is 5.95. The number of hydrogen-bond acceptors (Lipinski definition) is 3. The van der Waals surface area contributed by atoms with Gasteiger partial charge in [-0.3, -0.25) is 4.79 Å². The fourth-order valence-corrected chi connectivity index (χ4v) is 3.46. The molecule has 4 nitrogen and oxygen atoms in total. The average molecular weight is 478 g/mol. The summed E-state index contributed by atoms with van der Waals surface area (Å²) in [5.74, 6) is -3.09. The van der Waals surface area contributed by atoms with Crippen LogP contribution in [0.2, 0.25) is 5.02 Å². The molecular weight excluding hydrogens is 465 g/mol. The molecule has 2 aromatic heterocycles. The summed E-state index contributed by atoms with van der Waals surface area (Å²) >= 11 is 5.92. The predicted molar refractivity (Wildman–Crippen MR) is 112 cm³/mol. The number of anilines is 1. The summed E-state index contributed by atoms with van der Waals surface area (Å²) in [5, 5.41) is 3.25. The number of hydrogen-bond donors (Lipinski definition) is 2. The molecule has 4 aromatic rings. The first kappa shape index (κ1) is 22.6. The van der Waals surface area contributed by atoms with Gasteiger partial charge in [-0.1, -0.05) is 23.7 Å². The van der Waals surface area contributed by atoms with Crippen LogP contribution in [0.3, 0.4) is 0 Å². The first-order valence-corrected chi connectivity index (χ1v) is 9.91. The topological polar surface area (TPSA) is 57.8 Å². The lowest BCUT2D eigenvalue weighted by molar-refractivity contribution is -0.137. The van der Waals surface area contributed by atoms with Gasteiger partial charge in [0.1, 0.15) is 17.0 Å². The van der Waals surface area contributed by atoms with Gasteiger partial charge in [0.25, 0.3) is 0 Å². The number of nitrogens with zero attached hydrogens (tertiary/aromatic N) is 1. The van der Waals surface area contributed by atoms with Crippen molar-refractivity contribution in [3.05, 3.63) is 93.8 Å². The van der Waals surface area contributed by atoms with Crippen LogP contribution in [0.4, 0.5) is 27.6 Å². The third-order valence-electron chi connectivity index (χ3n) is 4.89. The van der Waals surface area contributed by atoms with Crippen molar-refractivity contribution in [3.8, 4) is 0 Å². The van der Waals surface area contributed by atoms with Crippen LogP contribution in [-0.2, 0) is 12.6 Å². The van der Waals surface area contributed by atoms with Gasteiger partial charge in [-0.25, -0.2) is 13.8 Å².